The maximum atomic E-state index is 6.23. The Morgan fingerprint density at radius 3 is 2.75 bits per heavy atom. The van der Waals surface area contributed by atoms with Crippen molar-refractivity contribution in [1.82, 2.24) is 14.4 Å². The van der Waals surface area contributed by atoms with Gasteiger partial charge in [-0.2, -0.15) is 0 Å². The second kappa shape index (κ2) is 5.18. The Labute approximate surface area is 144 Å². The highest BCUT2D eigenvalue weighted by molar-refractivity contribution is 6.30. The van der Waals surface area contributed by atoms with E-state index in [2.05, 4.69) is 28.7 Å². The molecule has 0 atom stereocenters. The van der Waals surface area contributed by atoms with Crippen LogP contribution in [0, 0.1) is 0 Å². The zero-order valence-corrected chi connectivity index (χ0v) is 13.7. The van der Waals surface area contributed by atoms with Gasteiger partial charge in [-0.05, 0) is 25.0 Å². The number of imidazole rings is 1. The number of halogens is 1. The number of nitrogens with zero attached hydrogens (tertiary/aromatic N) is 3. The SMILES string of the molecule is Clc1ccc2nc3c4c(nc(-c5ccccc5)c3n2c1)CCC=C4. The zero-order chi connectivity index (χ0) is 16.1. The van der Waals surface area contributed by atoms with E-state index in [0.29, 0.717) is 5.02 Å². The van der Waals surface area contributed by atoms with Crippen molar-refractivity contribution >= 4 is 34.4 Å². The summed E-state index contributed by atoms with van der Waals surface area (Å²) in [5.41, 5.74) is 7.23. The molecule has 3 nitrogen and oxygen atoms in total. The lowest BCUT2D eigenvalue weighted by Crippen LogP contribution is -2.02. The Kier molecular flexibility index (Phi) is 2.97. The minimum absolute atomic E-state index is 0.689. The van der Waals surface area contributed by atoms with Crippen molar-refractivity contribution in [1.29, 1.82) is 0 Å². The minimum atomic E-state index is 0.689. The standard InChI is InChI=1S/C20H14ClN3/c21-14-10-11-17-23-19-15-8-4-5-9-16(15)22-18(20(19)24(17)12-14)13-6-2-1-3-7-13/h1-4,6-8,10-12H,5,9H2. The number of benzene rings is 1. The van der Waals surface area contributed by atoms with Crippen molar-refractivity contribution in [3.8, 4) is 11.3 Å². The van der Waals surface area contributed by atoms with Crippen LogP contribution in [-0.2, 0) is 6.42 Å². The molecular formula is C20H14ClN3. The molecule has 0 amide bonds. The van der Waals surface area contributed by atoms with Crippen LogP contribution >= 0.6 is 11.6 Å². The number of aryl methyl sites for hydroxylation is 1. The molecule has 0 fully saturated rings. The smallest absolute Gasteiger partial charge is 0.138 e. The molecule has 0 spiro atoms. The first-order valence-corrected chi connectivity index (χ1v) is 8.41. The van der Waals surface area contributed by atoms with Gasteiger partial charge in [-0.25, -0.2) is 9.97 Å². The van der Waals surface area contributed by atoms with Crippen molar-refractivity contribution < 1.29 is 0 Å². The van der Waals surface area contributed by atoms with Gasteiger partial charge in [0.1, 0.15) is 11.2 Å². The molecule has 0 saturated carbocycles. The van der Waals surface area contributed by atoms with E-state index >= 15 is 0 Å². The molecule has 0 aliphatic heterocycles. The molecule has 3 aromatic heterocycles. The summed E-state index contributed by atoms with van der Waals surface area (Å²) >= 11 is 6.23. The highest BCUT2D eigenvalue weighted by atomic mass is 35.5. The normalized spacial score (nSPS) is 13.5. The van der Waals surface area contributed by atoms with Crippen molar-refractivity contribution in [2.24, 2.45) is 0 Å². The Hall–Kier alpha value is -2.65. The van der Waals surface area contributed by atoms with Crippen LogP contribution in [0.4, 0.5) is 0 Å². The zero-order valence-electron chi connectivity index (χ0n) is 12.9. The van der Waals surface area contributed by atoms with Gasteiger partial charge < -0.3 is 0 Å². The van der Waals surface area contributed by atoms with Gasteiger partial charge in [0, 0.05) is 17.3 Å². The van der Waals surface area contributed by atoms with Crippen LogP contribution in [0.15, 0.2) is 54.7 Å². The first-order valence-electron chi connectivity index (χ1n) is 8.03. The summed E-state index contributed by atoms with van der Waals surface area (Å²) < 4.78 is 2.05. The first kappa shape index (κ1) is 13.8. The fourth-order valence-electron chi connectivity index (χ4n) is 3.40. The average molecular weight is 332 g/mol. The van der Waals surface area contributed by atoms with Gasteiger partial charge in [0.15, 0.2) is 0 Å². The number of allylic oxidation sites excluding steroid dienone is 1. The minimum Gasteiger partial charge on any atom is -0.296 e. The monoisotopic (exact) mass is 331 g/mol. The number of pyridine rings is 2. The van der Waals surface area contributed by atoms with Crippen molar-refractivity contribution in [3.63, 3.8) is 0 Å². The summed E-state index contributed by atoms with van der Waals surface area (Å²) in [5.74, 6) is 0. The average Bonchev–Trinajstić information content (AvgIpc) is 3.01. The van der Waals surface area contributed by atoms with E-state index in [0.717, 1.165) is 52.0 Å². The summed E-state index contributed by atoms with van der Waals surface area (Å²) in [7, 11) is 0. The van der Waals surface area contributed by atoms with E-state index in [1.165, 1.54) is 0 Å². The predicted octanol–water partition coefficient (Wildman–Crippen LogP) is 5.16. The molecule has 1 aromatic carbocycles. The highest BCUT2D eigenvalue weighted by Gasteiger charge is 2.20. The van der Waals surface area contributed by atoms with Gasteiger partial charge in [-0.15, -0.1) is 0 Å². The van der Waals surface area contributed by atoms with Crippen LogP contribution in [0.2, 0.25) is 5.02 Å². The number of hydrogen-bond acceptors (Lipinski definition) is 2. The Bertz CT molecular complexity index is 1110. The van der Waals surface area contributed by atoms with E-state index in [1.807, 2.05) is 36.5 Å². The topological polar surface area (TPSA) is 30.2 Å². The molecule has 0 unspecified atom stereocenters. The van der Waals surface area contributed by atoms with Gasteiger partial charge >= 0.3 is 0 Å². The van der Waals surface area contributed by atoms with Gasteiger partial charge in [0.25, 0.3) is 0 Å². The van der Waals surface area contributed by atoms with E-state index in [1.54, 1.807) is 0 Å². The molecule has 0 N–H and O–H groups in total. The predicted molar refractivity (Wildman–Crippen MR) is 98.3 cm³/mol. The molecule has 1 aliphatic rings. The molecular weight excluding hydrogens is 318 g/mol. The Morgan fingerprint density at radius 1 is 1.00 bits per heavy atom. The maximum Gasteiger partial charge on any atom is 0.138 e. The molecule has 4 heteroatoms. The van der Waals surface area contributed by atoms with Crippen molar-refractivity contribution in [2.75, 3.05) is 0 Å². The summed E-state index contributed by atoms with van der Waals surface area (Å²) in [4.78, 5) is 9.88. The third-order valence-corrected chi connectivity index (χ3v) is 4.72. The Balaban J connectivity index is 1.99. The lowest BCUT2D eigenvalue weighted by atomic mass is 9.99. The van der Waals surface area contributed by atoms with Crippen LogP contribution in [0.3, 0.4) is 0 Å². The fourth-order valence-corrected chi connectivity index (χ4v) is 3.56. The van der Waals surface area contributed by atoms with Crippen LogP contribution < -0.4 is 0 Å². The largest absolute Gasteiger partial charge is 0.296 e. The number of fused-ring (bicyclic) bond motifs is 5. The number of rotatable bonds is 1. The third kappa shape index (κ3) is 1.98. The van der Waals surface area contributed by atoms with Crippen LogP contribution in [0.5, 0.6) is 0 Å². The quantitative estimate of drug-likeness (QED) is 0.482. The Morgan fingerprint density at radius 2 is 1.88 bits per heavy atom. The number of aromatic nitrogens is 3. The maximum absolute atomic E-state index is 6.23. The lowest BCUT2D eigenvalue weighted by molar-refractivity contribution is 0.934. The van der Waals surface area contributed by atoms with Gasteiger partial charge in [0.05, 0.1) is 21.9 Å². The van der Waals surface area contributed by atoms with E-state index in [4.69, 9.17) is 21.6 Å². The third-order valence-electron chi connectivity index (χ3n) is 4.50. The molecule has 24 heavy (non-hydrogen) atoms. The summed E-state index contributed by atoms with van der Waals surface area (Å²) in [6.07, 6.45) is 8.24. The van der Waals surface area contributed by atoms with Crippen molar-refractivity contribution in [2.45, 2.75) is 12.8 Å². The molecule has 0 saturated heterocycles. The van der Waals surface area contributed by atoms with Crippen LogP contribution in [0.1, 0.15) is 17.7 Å². The van der Waals surface area contributed by atoms with E-state index in [9.17, 15) is 0 Å². The summed E-state index contributed by atoms with van der Waals surface area (Å²) in [6.45, 7) is 0. The van der Waals surface area contributed by atoms with Crippen LogP contribution in [0.25, 0.3) is 34.0 Å². The van der Waals surface area contributed by atoms with E-state index < -0.39 is 0 Å². The van der Waals surface area contributed by atoms with Gasteiger partial charge in [0.2, 0.25) is 0 Å². The molecule has 1 aliphatic carbocycles. The van der Waals surface area contributed by atoms with Crippen LogP contribution in [-0.4, -0.2) is 14.4 Å². The second-order valence-corrected chi connectivity index (χ2v) is 6.45. The molecule has 116 valence electrons. The second-order valence-electron chi connectivity index (χ2n) is 6.01. The van der Waals surface area contributed by atoms with E-state index in [-0.39, 0.29) is 0 Å². The molecule has 4 aromatic rings. The molecule has 0 radical (unpaired) electrons. The first-order chi connectivity index (χ1) is 11.8. The molecule has 3 heterocycles. The van der Waals surface area contributed by atoms with Gasteiger partial charge in [-0.1, -0.05) is 54.1 Å². The van der Waals surface area contributed by atoms with Gasteiger partial charge in [-0.3, -0.25) is 4.40 Å². The lowest BCUT2D eigenvalue weighted by Gasteiger charge is -2.13. The fraction of sp³-hybridized carbons (Fsp3) is 0.100. The summed E-state index contributed by atoms with van der Waals surface area (Å²) in [6, 6.07) is 14.1. The van der Waals surface area contributed by atoms with Crippen molar-refractivity contribution in [3.05, 3.63) is 71.0 Å². The highest BCUT2D eigenvalue weighted by Crippen LogP contribution is 2.34. The summed E-state index contributed by atoms with van der Waals surface area (Å²) in [5, 5.41) is 0.689. The number of hydrogen-bond donors (Lipinski definition) is 0. The molecule has 5 rings (SSSR count). The molecule has 0 bridgehead atoms.